The van der Waals surface area contributed by atoms with Crippen molar-refractivity contribution >= 4 is 21.8 Å². The summed E-state index contributed by atoms with van der Waals surface area (Å²) in [6.07, 6.45) is 4.25. The molecule has 3 aromatic heterocycles. The highest BCUT2D eigenvalue weighted by atomic mass is 16.5. The van der Waals surface area contributed by atoms with E-state index in [4.69, 9.17) is 4.74 Å². The van der Waals surface area contributed by atoms with Crippen molar-refractivity contribution in [2.45, 2.75) is 32.9 Å². The normalized spacial score (nSPS) is 11.7. The van der Waals surface area contributed by atoms with Gasteiger partial charge in [0.15, 0.2) is 0 Å². The lowest BCUT2D eigenvalue weighted by molar-refractivity contribution is 0.190. The largest absolute Gasteiger partial charge is 0.385 e. The van der Waals surface area contributed by atoms with Crippen LogP contribution in [0.3, 0.4) is 0 Å². The number of hydrogen-bond acceptors (Lipinski definition) is 4. The van der Waals surface area contributed by atoms with Crippen LogP contribution in [0.4, 0.5) is 0 Å². The molecule has 0 bridgehead atoms. The second-order valence-electron chi connectivity index (χ2n) is 6.14. The van der Waals surface area contributed by atoms with Gasteiger partial charge in [-0.1, -0.05) is 0 Å². The molecule has 0 radical (unpaired) electrons. The van der Waals surface area contributed by atoms with E-state index in [9.17, 15) is 9.59 Å². The molecule has 0 aromatic carbocycles. The Bertz CT molecular complexity index is 1000. The Morgan fingerprint density at radius 3 is 2.42 bits per heavy atom. The molecule has 6 heteroatoms. The number of pyridine rings is 3. The maximum Gasteiger partial charge on any atom is 0.260 e. The summed E-state index contributed by atoms with van der Waals surface area (Å²) in [6, 6.07) is 5.37. The second kappa shape index (κ2) is 6.57. The van der Waals surface area contributed by atoms with Crippen LogP contribution in [0.2, 0.25) is 0 Å². The minimum Gasteiger partial charge on any atom is -0.385 e. The third-order valence-corrected chi connectivity index (χ3v) is 4.15. The zero-order valence-electron chi connectivity index (χ0n) is 14.2. The lowest BCUT2D eigenvalue weighted by atomic mass is 10.2. The van der Waals surface area contributed by atoms with E-state index in [1.807, 2.05) is 26.0 Å². The summed E-state index contributed by atoms with van der Waals surface area (Å²) in [5.41, 5.74) is 0.974. The van der Waals surface area contributed by atoms with Crippen molar-refractivity contribution in [3.05, 3.63) is 51.3 Å². The molecule has 0 saturated heterocycles. The minimum atomic E-state index is -0.127. The van der Waals surface area contributed by atoms with Crippen LogP contribution in [0.15, 0.2) is 40.2 Å². The molecule has 0 unspecified atom stereocenters. The van der Waals surface area contributed by atoms with Gasteiger partial charge in [0.05, 0.1) is 21.8 Å². The first-order chi connectivity index (χ1) is 11.5. The molecule has 3 aromatic rings. The SMILES string of the molecule is COCCCn1ccc2nc3ccn(C(C)C)c(=O)c3cc2c1=O. The van der Waals surface area contributed by atoms with Gasteiger partial charge in [-0.15, -0.1) is 0 Å². The quantitative estimate of drug-likeness (QED) is 0.533. The molecule has 0 aliphatic heterocycles. The van der Waals surface area contributed by atoms with Crippen LogP contribution in [0.1, 0.15) is 26.3 Å². The van der Waals surface area contributed by atoms with E-state index in [2.05, 4.69) is 4.98 Å². The minimum absolute atomic E-state index is 0.0547. The molecule has 0 N–H and O–H groups in total. The number of hydrogen-bond donors (Lipinski definition) is 0. The molecule has 6 nitrogen and oxygen atoms in total. The van der Waals surface area contributed by atoms with Crippen molar-refractivity contribution in [2.75, 3.05) is 13.7 Å². The smallest absolute Gasteiger partial charge is 0.260 e. The van der Waals surface area contributed by atoms with E-state index in [-0.39, 0.29) is 17.2 Å². The van der Waals surface area contributed by atoms with Crippen molar-refractivity contribution in [1.29, 1.82) is 0 Å². The molecule has 0 aliphatic carbocycles. The molecular formula is C18H21N3O3. The number of fused-ring (bicyclic) bond motifs is 2. The lowest BCUT2D eigenvalue weighted by Gasteiger charge is -2.11. The third-order valence-electron chi connectivity index (χ3n) is 4.15. The van der Waals surface area contributed by atoms with Crippen LogP contribution >= 0.6 is 0 Å². The van der Waals surface area contributed by atoms with Gasteiger partial charge in [-0.3, -0.25) is 9.59 Å². The molecule has 0 fully saturated rings. The monoisotopic (exact) mass is 327 g/mol. The summed E-state index contributed by atoms with van der Waals surface area (Å²) in [6.45, 7) is 5.07. The fourth-order valence-electron chi connectivity index (χ4n) is 2.84. The van der Waals surface area contributed by atoms with Crippen molar-refractivity contribution in [2.24, 2.45) is 0 Å². The Balaban J connectivity index is 2.20. The van der Waals surface area contributed by atoms with Gasteiger partial charge in [0.2, 0.25) is 0 Å². The molecule has 0 saturated carbocycles. The Hall–Kier alpha value is -2.47. The molecular weight excluding hydrogens is 306 g/mol. The van der Waals surface area contributed by atoms with Crippen molar-refractivity contribution in [1.82, 2.24) is 14.1 Å². The van der Waals surface area contributed by atoms with Gasteiger partial charge in [0, 0.05) is 38.7 Å². The summed E-state index contributed by atoms with van der Waals surface area (Å²) < 4.78 is 8.31. The third kappa shape index (κ3) is 2.85. The van der Waals surface area contributed by atoms with Gasteiger partial charge in [-0.2, -0.15) is 0 Å². The fourth-order valence-corrected chi connectivity index (χ4v) is 2.84. The van der Waals surface area contributed by atoms with E-state index in [0.29, 0.717) is 35.0 Å². The first-order valence-corrected chi connectivity index (χ1v) is 8.07. The van der Waals surface area contributed by atoms with Gasteiger partial charge < -0.3 is 13.9 Å². The lowest BCUT2D eigenvalue weighted by Crippen LogP contribution is -2.23. The molecule has 0 amide bonds. The zero-order chi connectivity index (χ0) is 17.3. The Labute approximate surface area is 139 Å². The topological polar surface area (TPSA) is 66.1 Å². The highest BCUT2D eigenvalue weighted by Gasteiger charge is 2.10. The first kappa shape index (κ1) is 16.4. The van der Waals surface area contributed by atoms with Crippen LogP contribution in [0.5, 0.6) is 0 Å². The second-order valence-corrected chi connectivity index (χ2v) is 6.14. The molecule has 0 aliphatic rings. The number of nitrogens with zero attached hydrogens (tertiary/aromatic N) is 3. The molecule has 0 spiro atoms. The van der Waals surface area contributed by atoms with E-state index >= 15 is 0 Å². The summed E-state index contributed by atoms with van der Waals surface area (Å²) in [7, 11) is 1.64. The van der Waals surface area contributed by atoms with Crippen molar-refractivity contribution < 1.29 is 4.74 Å². The van der Waals surface area contributed by atoms with Crippen LogP contribution < -0.4 is 11.1 Å². The summed E-state index contributed by atoms with van der Waals surface area (Å²) >= 11 is 0. The van der Waals surface area contributed by atoms with Gasteiger partial charge in [-0.05, 0) is 38.5 Å². The Kier molecular flexibility index (Phi) is 4.49. The molecule has 126 valence electrons. The summed E-state index contributed by atoms with van der Waals surface area (Å²) in [4.78, 5) is 29.8. The van der Waals surface area contributed by atoms with Crippen molar-refractivity contribution in [3.63, 3.8) is 0 Å². The Morgan fingerprint density at radius 2 is 1.75 bits per heavy atom. The molecule has 3 heterocycles. The van der Waals surface area contributed by atoms with Crippen LogP contribution in [0.25, 0.3) is 21.8 Å². The van der Waals surface area contributed by atoms with Gasteiger partial charge >= 0.3 is 0 Å². The van der Waals surface area contributed by atoms with Crippen LogP contribution in [-0.2, 0) is 11.3 Å². The summed E-state index contributed by atoms with van der Waals surface area (Å²) in [5, 5.41) is 0.950. The first-order valence-electron chi connectivity index (χ1n) is 8.07. The maximum atomic E-state index is 12.7. The highest BCUT2D eigenvalue weighted by molar-refractivity contribution is 5.91. The predicted molar refractivity (Wildman–Crippen MR) is 94.6 cm³/mol. The number of rotatable bonds is 5. The number of methoxy groups -OCH3 is 1. The molecule has 0 atom stereocenters. The number of aromatic nitrogens is 3. The predicted octanol–water partition coefficient (Wildman–Crippen LogP) is 2.33. The highest BCUT2D eigenvalue weighted by Crippen LogP contribution is 2.15. The number of ether oxygens (including phenoxy) is 1. The maximum absolute atomic E-state index is 12.7. The average molecular weight is 327 g/mol. The van der Waals surface area contributed by atoms with E-state index in [1.165, 1.54) is 0 Å². The number of aryl methyl sites for hydroxylation is 1. The van der Waals surface area contributed by atoms with Crippen molar-refractivity contribution in [3.8, 4) is 0 Å². The van der Waals surface area contributed by atoms with Crippen LogP contribution in [-0.4, -0.2) is 27.8 Å². The summed E-state index contributed by atoms with van der Waals surface area (Å²) in [5.74, 6) is 0. The molecule has 3 rings (SSSR count). The van der Waals surface area contributed by atoms with E-state index < -0.39 is 0 Å². The van der Waals surface area contributed by atoms with Gasteiger partial charge in [-0.25, -0.2) is 4.98 Å². The van der Waals surface area contributed by atoms with Gasteiger partial charge in [0.1, 0.15) is 0 Å². The fraction of sp³-hybridized carbons (Fsp3) is 0.389. The average Bonchev–Trinajstić information content (AvgIpc) is 2.56. The van der Waals surface area contributed by atoms with Gasteiger partial charge in [0.25, 0.3) is 11.1 Å². The zero-order valence-corrected chi connectivity index (χ0v) is 14.2. The van der Waals surface area contributed by atoms with Crippen LogP contribution in [0, 0.1) is 0 Å². The van der Waals surface area contributed by atoms with E-state index in [1.54, 1.807) is 34.7 Å². The van der Waals surface area contributed by atoms with E-state index in [0.717, 1.165) is 6.42 Å². The Morgan fingerprint density at radius 1 is 1.08 bits per heavy atom. The molecule has 24 heavy (non-hydrogen) atoms. The standard InChI is InChI=1S/C18H21N3O3/c1-12(2)21-9-6-16-14(18(21)23)11-13-15(19-16)5-8-20(17(13)22)7-4-10-24-3/h5-6,8-9,11-12H,4,7,10H2,1-3H3.